The zero-order valence-corrected chi connectivity index (χ0v) is 13.5. The number of likely N-dealkylation sites (tertiary alicyclic amines) is 1. The largest absolute Gasteiger partial charge is 0.297 e. The van der Waals surface area contributed by atoms with Gasteiger partial charge in [0.2, 0.25) is 0 Å². The molecule has 2 aliphatic rings. The molecule has 120 valence electrons. The lowest BCUT2D eigenvalue weighted by Crippen LogP contribution is -2.29. The molecule has 23 heavy (non-hydrogen) atoms. The third kappa shape index (κ3) is 3.42. The first-order valence-corrected chi connectivity index (χ1v) is 8.75. The lowest BCUT2D eigenvalue weighted by atomic mass is 9.72. The zero-order valence-electron chi connectivity index (χ0n) is 13.5. The molecule has 0 N–H and O–H groups in total. The summed E-state index contributed by atoms with van der Waals surface area (Å²) in [7, 11) is 0. The van der Waals surface area contributed by atoms with E-state index in [0.29, 0.717) is 0 Å². The Morgan fingerprint density at radius 1 is 1.00 bits per heavy atom. The fourth-order valence-corrected chi connectivity index (χ4v) is 4.49. The van der Waals surface area contributed by atoms with Gasteiger partial charge in [0.25, 0.3) is 0 Å². The van der Waals surface area contributed by atoms with Crippen LogP contribution in [0.3, 0.4) is 0 Å². The summed E-state index contributed by atoms with van der Waals surface area (Å²) in [6, 6.07) is 6.21. The number of nitrogens with zero attached hydrogens (tertiary/aromatic N) is 4. The van der Waals surface area contributed by atoms with Crippen LogP contribution in [0.5, 0.6) is 0 Å². The SMILES string of the molecule is c1ccc(CN2C[C@H]3CCC[C@H](Cc4cnccn4)[C@H]3C2)nc1. The molecule has 3 heterocycles. The minimum atomic E-state index is 0.763. The van der Waals surface area contributed by atoms with Crippen LogP contribution in [0.25, 0.3) is 0 Å². The van der Waals surface area contributed by atoms with Crippen molar-refractivity contribution in [2.45, 2.75) is 32.2 Å². The van der Waals surface area contributed by atoms with Gasteiger partial charge in [-0.2, -0.15) is 0 Å². The van der Waals surface area contributed by atoms with Crippen LogP contribution in [-0.4, -0.2) is 32.9 Å². The molecule has 4 heteroatoms. The Morgan fingerprint density at radius 2 is 1.96 bits per heavy atom. The second-order valence-corrected chi connectivity index (χ2v) is 7.03. The van der Waals surface area contributed by atoms with E-state index in [0.717, 1.165) is 36.4 Å². The highest BCUT2D eigenvalue weighted by Crippen LogP contribution is 2.41. The van der Waals surface area contributed by atoms with E-state index in [1.807, 2.05) is 24.7 Å². The van der Waals surface area contributed by atoms with Gasteiger partial charge < -0.3 is 0 Å². The van der Waals surface area contributed by atoms with Gasteiger partial charge in [0.05, 0.1) is 11.4 Å². The normalized spacial score (nSPS) is 27.7. The molecular formula is C19H24N4. The maximum atomic E-state index is 4.49. The van der Waals surface area contributed by atoms with Crippen LogP contribution >= 0.6 is 0 Å². The summed E-state index contributed by atoms with van der Waals surface area (Å²) in [5.74, 6) is 2.43. The Morgan fingerprint density at radius 3 is 2.78 bits per heavy atom. The van der Waals surface area contributed by atoms with Crippen molar-refractivity contribution >= 4 is 0 Å². The lowest BCUT2D eigenvalue weighted by Gasteiger charge is -2.32. The molecule has 0 radical (unpaired) electrons. The van der Waals surface area contributed by atoms with Crippen molar-refractivity contribution in [1.82, 2.24) is 19.9 Å². The monoisotopic (exact) mass is 308 g/mol. The zero-order chi connectivity index (χ0) is 15.5. The summed E-state index contributed by atoms with van der Waals surface area (Å²) in [5.41, 5.74) is 2.35. The second kappa shape index (κ2) is 6.75. The van der Waals surface area contributed by atoms with Crippen molar-refractivity contribution in [2.75, 3.05) is 13.1 Å². The Bertz CT molecular complexity index is 616. The van der Waals surface area contributed by atoms with Crippen molar-refractivity contribution in [3.05, 3.63) is 54.4 Å². The summed E-state index contributed by atoms with van der Waals surface area (Å²) < 4.78 is 0. The van der Waals surface area contributed by atoms with Crippen molar-refractivity contribution in [1.29, 1.82) is 0 Å². The third-order valence-electron chi connectivity index (χ3n) is 5.52. The molecule has 1 saturated carbocycles. The van der Waals surface area contributed by atoms with Crippen molar-refractivity contribution < 1.29 is 0 Å². The maximum Gasteiger partial charge on any atom is 0.0589 e. The number of pyridine rings is 1. The topological polar surface area (TPSA) is 41.9 Å². The van der Waals surface area contributed by atoms with Gasteiger partial charge in [0.1, 0.15) is 0 Å². The molecule has 0 aromatic carbocycles. The molecule has 1 saturated heterocycles. The van der Waals surface area contributed by atoms with E-state index < -0.39 is 0 Å². The molecule has 0 spiro atoms. The molecule has 1 aliphatic carbocycles. The Labute approximate surface area is 138 Å². The van der Waals surface area contributed by atoms with Gasteiger partial charge in [-0.25, -0.2) is 0 Å². The highest BCUT2D eigenvalue weighted by molar-refractivity contribution is 5.05. The lowest BCUT2D eigenvalue weighted by molar-refractivity contribution is 0.195. The van der Waals surface area contributed by atoms with E-state index in [2.05, 4.69) is 32.0 Å². The van der Waals surface area contributed by atoms with Gasteiger partial charge in [0, 0.05) is 44.4 Å². The predicted molar refractivity (Wildman–Crippen MR) is 89.6 cm³/mol. The molecule has 3 atom stereocenters. The third-order valence-corrected chi connectivity index (χ3v) is 5.52. The number of aromatic nitrogens is 3. The predicted octanol–water partition coefficient (Wildman–Crippen LogP) is 2.96. The summed E-state index contributed by atoms with van der Waals surface area (Å²) >= 11 is 0. The first-order chi connectivity index (χ1) is 11.4. The Hall–Kier alpha value is -1.81. The Balaban J connectivity index is 1.42. The number of hydrogen-bond acceptors (Lipinski definition) is 4. The standard InChI is InChI=1S/C19H24N4/c1-2-7-21-17(6-1)13-23-12-16-5-3-4-15(19(16)14-23)10-18-11-20-8-9-22-18/h1-2,6-9,11,15-16,19H,3-5,10,12-14H2/t15-,16-,19-/m1/s1. The van der Waals surface area contributed by atoms with Crippen molar-refractivity contribution in [3.8, 4) is 0 Å². The fourth-order valence-electron chi connectivity index (χ4n) is 4.49. The van der Waals surface area contributed by atoms with Crippen LogP contribution in [0, 0.1) is 17.8 Å². The maximum absolute atomic E-state index is 4.49. The molecule has 0 amide bonds. The van der Waals surface area contributed by atoms with Crippen molar-refractivity contribution in [2.24, 2.45) is 17.8 Å². The van der Waals surface area contributed by atoms with E-state index in [4.69, 9.17) is 0 Å². The Kier molecular flexibility index (Phi) is 4.33. The van der Waals surface area contributed by atoms with E-state index in [9.17, 15) is 0 Å². The van der Waals surface area contributed by atoms with Crippen LogP contribution in [0.2, 0.25) is 0 Å². The molecule has 4 rings (SSSR count). The van der Waals surface area contributed by atoms with Crippen LogP contribution in [-0.2, 0) is 13.0 Å². The first kappa shape index (κ1) is 14.8. The van der Waals surface area contributed by atoms with Gasteiger partial charge in [-0.3, -0.25) is 19.9 Å². The molecule has 2 fully saturated rings. The molecule has 0 bridgehead atoms. The number of fused-ring (bicyclic) bond motifs is 1. The van der Waals surface area contributed by atoms with Crippen molar-refractivity contribution in [3.63, 3.8) is 0 Å². The second-order valence-electron chi connectivity index (χ2n) is 7.03. The molecule has 2 aromatic rings. The van der Waals surface area contributed by atoms with E-state index in [1.165, 1.54) is 38.0 Å². The van der Waals surface area contributed by atoms with Gasteiger partial charge in [0.15, 0.2) is 0 Å². The summed E-state index contributed by atoms with van der Waals surface area (Å²) in [4.78, 5) is 15.8. The van der Waals surface area contributed by atoms with E-state index in [-0.39, 0.29) is 0 Å². The number of hydrogen-bond donors (Lipinski definition) is 0. The molecule has 0 unspecified atom stereocenters. The summed E-state index contributed by atoms with van der Waals surface area (Å²) in [6.07, 6.45) is 12.6. The van der Waals surface area contributed by atoms with Gasteiger partial charge in [-0.15, -0.1) is 0 Å². The van der Waals surface area contributed by atoms with Crippen LogP contribution in [0.1, 0.15) is 30.7 Å². The van der Waals surface area contributed by atoms with Crippen LogP contribution in [0.4, 0.5) is 0 Å². The quantitative estimate of drug-likeness (QED) is 0.871. The summed E-state index contributed by atoms with van der Waals surface area (Å²) in [5, 5.41) is 0. The highest BCUT2D eigenvalue weighted by Gasteiger charge is 2.40. The van der Waals surface area contributed by atoms with E-state index >= 15 is 0 Å². The van der Waals surface area contributed by atoms with Crippen LogP contribution < -0.4 is 0 Å². The average molecular weight is 308 g/mol. The van der Waals surface area contributed by atoms with Crippen LogP contribution in [0.15, 0.2) is 43.0 Å². The molecule has 4 nitrogen and oxygen atoms in total. The number of rotatable bonds is 4. The molecular weight excluding hydrogens is 284 g/mol. The van der Waals surface area contributed by atoms with Gasteiger partial charge in [-0.1, -0.05) is 12.5 Å². The molecule has 1 aliphatic heterocycles. The average Bonchev–Trinajstić information content (AvgIpc) is 3.00. The summed E-state index contributed by atoms with van der Waals surface area (Å²) in [6.45, 7) is 3.44. The minimum absolute atomic E-state index is 0.763. The minimum Gasteiger partial charge on any atom is -0.297 e. The van der Waals surface area contributed by atoms with Gasteiger partial charge in [-0.05, 0) is 49.1 Å². The van der Waals surface area contributed by atoms with Gasteiger partial charge >= 0.3 is 0 Å². The first-order valence-electron chi connectivity index (χ1n) is 8.75. The molecule has 2 aromatic heterocycles. The highest BCUT2D eigenvalue weighted by atomic mass is 15.2. The van der Waals surface area contributed by atoms with E-state index in [1.54, 1.807) is 6.20 Å². The fraction of sp³-hybridized carbons (Fsp3) is 0.526. The smallest absolute Gasteiger partial charge is 0.0589 e.